The summed E-state index contributed by atoms with van der Waals surface area (Å²) in [7, 11) is 0. The number of nitrogens with zero attached hydrogens (tertiary/aromatic N) is 5. The number of halogens is 1. The van der Waals surface area contributed by atoms with Crippen molar-refractivity contribution in [2.75, 3.05) is 25.0 Å². The van der Waals surface area contributed by atoms with Gasteiger partial charge in [0.2, 0.25) is 0 Å². The highest BCUT2D eigenvalue weighted by atomic mass is 19.1. The lowest BCUT2D eigenvalue weighted by atomic mass is 10.1. The van der Waals surface area contributed by atoms with Crippen LogP contribution in [0.15, 0.2) is 61.2 Å². The lowest BCUT2D eigenvalue weighted by molar-refractivity contribution is -0.0348. The summed E-state index contributed by atoms with van der Waals surface area (Å²) in [5.41, 5.74) is 3.02. The highest BCUT2D eigenvalue weighted by Gasteiger charge is 2.24. The van der Waals surface area contributed by atoms with Crippen molar-refractivity contribution in [3.63, 3.8) is 0 Å². The molecule has 4 aromatic rings. The van der Waals surface area contributed by atoms with Crippen LogP contribution in [0.1, 0.15) is 24.3 Å². The van der Waals surface area contributed by atoms with Gasteiger partial charge in [-0.1, -0.05) is 6.07 Å². The maximum absolute atomic E-state index is 13.8. The highest BCUT2D eigenvalue weighted by Crippen LogP contribution is 2.27. The number of aryl methyl sites for hydroxylation is 1. The normalized spacial score (nSPS) is 17.0. The molecule has 5 rings (SSSR count). The van der Waals surface area contributed by atoms with Crippen LogP contribution in [0, 0.1) is 5.82 Å². The third kappa shape index (κ3) is 4.32. The zero-order valence-corrected chi connectivity index (χ0v) is 17.9. The summed E-state index contributed by atoms with van der Waals surface area (Å²) in [5, 5.41) is 4.28. The van der Waals surface area contributed by atoms with Crippen LogP contribution in [-0.4, -0.2) is 44.1 Å². The van der Waals surface area contributed by atoms with Gasteiger partial charge in [0.05, 0.1) is 24.0 Å². The van der Waals surface area contributed by atoms with Crippen molar-refractivity contribution in [3.8, 4) is 0 Å². The number of hydrogen-bond acceptors (Lipinski definition) is 6. The van der Waals surface area contributed by atoms with Crippen molar-refractivity contribution in [1.29, 1.82) is 0 Å². The van der Waals surface area contributed by atoms with E-state index in [1.807, 2.05) is 24.3 Å². The van der Waals surface area contributed by atoms with Gasteiger partial charge in [0.1, 0.15) is 23.6 Å². The molecule has 0 spiro atoms. The van der Waals surface area contributed by atoms with E-state index in [-0.39, 0.29) is 11.9 Å². The number of aromatic nitrogens is 4. The molecule has 0 aliphatic carbocycles. The fraction of sp³-hybridized carbons (Fsp3) is 0.292. The summed E-state index contributed by atoms with van der Waals surface area (Å²) in [5.74, 6) is 1.15. The summed E-state index contributed by atoms with van der Waals surface area (Å²) >= 11 is 0. The fourth-order valence-corrected chi connectivity index (χ4v) is 4.19. The van der Waals surface area contributed by atoms with Gasteiger partial charge in [0.25, 0.3) is 0 Å². The van der Waals surface area contributed by atoms with E-state index in [1.165, 1.54) is 11.6 Å². The molecular weight excluding hydrogens is 407 g/mol. The molecule has 1 fully saturated rings. The minimum Gasteiger partial charge on any atom is -0.369 e. The Morgan fingerprint density at radius 3 is 2.97 bits per heavy atom. The molecule has 1 N–H and O–H groups in total. The van der Waals surface area contributed by atoms with Gasteiger partial charge in [-0.3, -0.25) is 9.88 Å². The SMILES string of the molecule is CCn1cc(CN2CCO[C@H](c3cccc(Nc4cnccn4)n3)C2)c2ccc(F)cc21. The van der Waals surface area contributed by atoms with Crippen LogP contribution in [0.4, 0.5) is 16.0 Å². The first kappa shape index (κ1) is 20.5. The summed E-state index contributed by atoms with van der Waals surface area (Å²) in [6.45, 7) is 5.88. The first-order valence-electron chi connectivity index (χ1n) is 10.8. The Balaban J connectivity index is 1.32. The molecule has 0 bridgehead atoms. The van der Waals surface area contributed by atoms with Crippen LogP contribution in [-0.2, 0) is 17.8 Å². The highest BCUT2D eigenvalue weighted by molar-refractivity contribution is 5.84. The monoisotopic (exact) mass is 432 g/mol. The zero-order chi connectivity index (χ0) is 21.9. The molecule has 1 aromatic carbocycles. The molecule has 3 aromatic heterocycles. The number of nitrogens with one attached hydrogen (secondary N) is 1. The molecule has 1 atom stereocenters. The second-order valence-corrected chi connectivity index (χ2v) is 7.86. The molecule has 1 aliphatic rings. The number of fused-ring (bicyclic) bond motifs is 1. The standard InChI is InChI=1S/C24H25FN6O/c1-2-31-15-17(19-7-6-18(25)12-21(19)31)14-30-10-11-32-22(16-30)20-4-3-5-23(28-20)29-24-13-26-8-9-27-24/h3-9,12-13,15,22H,2,10-11,14,16H2,1H3,(H,27,28,29)/t22-/m0/s1. The molecule has 8 heteroatoms. The van der Waals surface area contributed by atoms with Gasteiger partial charge in [0.15, 0.2) is 0 Å². The fourth-order valence-electron chi connectivity index (χ4n) is 4.19. The van der Waals surface area contributed by atoms with Gasteiger partial charge in [-0.05, 0) is 42.8 Å². The quantitative estimate of drug-likeness (QED) is 0.490. The van der Waals surface area contributed by atoms with Crippen molar-refractivity contribution < 1.29 is 9.13 Å². The van der Waals surface area contributed by atoms with Crippen molar-refractivity contribution in [1.82, 2.24) is 24.4 Å². The summed E-state index contributed by atoms with van der Waals surface area (Å²) in [6, 6.07) is 10.9. The van der Waals surface area contributed by atoms with E-state index in [2.05, 4.69) is 37.9 Å². The van der Waals surface area contributed by atoms with Gasteiger partial charge in [-0.15, -0.1) is 0 Å². The van der Waals surface area contributed by atoms with E-state index in [0.29, 0.717) is 18.2 Å². The van der Waals surface area contributed by atoms with E-state index in [1.54, 1.807) is 24.7 Å². The smallest absolute Gasteiger partial charge is 0.150 e. The molecule has 32 heavy (non-hydrogen) atoms. The van der Waals surface area contributed by atoms with Crippen molar-refractivity contribution in [3.05, 3.63) is 78.3 Å². The van der Waals surface area contributed by atoms with E-state index in [4.69, 9.17) is 9.72 Å². The van der Waals surface area contributed by atoms with Crippen LogP contribution in [0.3, 0.4) is 0 Å². The molecule has 0 saturated carbocycles. The first-order chi connectivity index (χ1) is 15.7. The Morgan fingerprint density at radius 2 is 2.12 bits per heavy atom. The van der Waals surface area contributed by atoms with Gasteiger partial charge >= 0.3 is 0 Å². The van der Waals surface area contributed by atoms with Crippen LogP contribution < -0.4 is 5.32 Å². The number of hydrogen-bond donors (Lipinski definition) is 1. The van der Waals surface area contributed by atoms with Gasteiger partial charge < -0.3 is 14.6 Å². The first-order valence-corrected chi connectivity index (χ1v) is 10.8. The number of rotatable bonds is 6. The summed E-state index contributed by atoms with van der Waals surface area (Å²) in [6.07, 6.45) is 6.94. The van der Waals surface area contributed by atoms with Crippen LogP contribution in [0.2, 0.25) is 0 Å². The van der Waals surface area contributed by atoms with E-state index in [9.17, 15) is 4.39 Å². The maximum Gasteiger partial charge on any atom is 0.150 e. The molecule has 0 unspecified atom stereocenters. The van der Waals surface area contributed by atoms with E-state index >= 15 is 0 Å². The number of anilines is 2. The predicted octanol–water partition coefficient (Wildman–Crippen LogP) is 4.30. The number of ether oxygens (including phenoxy) is 1. The molecule has 164 valence electrons. The lowest BCUT2D eigenvalue weighted by Gasteiger charge is -2.32. The zero-order valence-electron chi connectivity index (χ0n) is 17.9. The summed E-state index contributed by atoms with van der Waals surface area (Å²) < 4.78 is 21.9. The van der Waals surface area contributed by atoms with Crippen molar-refractivity contribution in [2.45, 2.75) is 26.1 Å². The second-order valence-electron chi connectivity index (χ2n) is 7.86. The van der Waals surface area contributed by atoms with E-state index in [0.717, 1.165) is 42.8 Å². The molecule has 1 aliphatic heterocycles. The predicted molar refractivity (Wildman–Crippen MR) is 121 cm³/mol. The van der Waals surface area contributed by atoms with Gasteiger partial charge in [-0.2, -0.15) is 0 Å². The average Bonchev–Trinajstić information content (AvgIpc) is 3.16. The maximum atomic E-state index is 13.8. The van der Waals surface area contributed by atoms with Crippen molar-refractivity contribution in [2.24, 2.45) is 0 Å². The molecule has 1 saturated heterocycles. The third-order valence-corrected chi connectivity index (χ3v) is 5.73. The Hall–Kier alpha value is -3.36. The Morgan fingerprint density at radius 1 is 1.19 bits per heavy atom. The Bertz CT molecular complexity index is 1210. The minimum atomic E-state index is -0.204. The second kappa shape index (κ2) is 9.02. The molecule has 0 radical (unpaired) electrons. The Labute approximate surface area is 185 Å². The number of benzene rings is 1. The minimum absolute atomic E-state index is 0.121. The van der Waals surface area contributed by atoms with Crippen LogP contribution >= 0.6 is 0 Å². The van der Waals surface area contributed by atoms with Gasteiger partial charge in [-0.25, -0.2) is 14.4 Å². The Kier molecular flexibility index (Phi) is 5.79. The summed E-state index contributed by atoms with van der Waals surface area (Å²) in [4.78, 5) is 15.4. The van der Waals surface area contributed by atoms with Crippen LogP contribution in [0.5, 0.6) is 0 Å². The average molecular weight is 433 g/mol. The van der Waals surface area contributed by atoms with Crippen LogP contribution in [0.25, 0.3) is 10.9 Å². The largest absolute Gasteiger partial charge is 0.369 e. The molecule has 7 nitrogen and oxygen atoms in total. The number of pyridine rings is 1. The number of morpholine rings is 1. The lowest BCUT2D eigenvalue weighted by Crippen LogP contribution is -2.38. The molecule has 0 amide bonds. The molecule has 4 heterocycles. The van der Waals surface area contributed by atoms with Gasteiger partial charge in [0, 0.05) is 50.2 Å². The van der Waals surface area contributed by atoms with E-state index < -0.39 is 0 Å². The topological polar surface area (TPSA) is 68.1 Å². The third-order valence-electron chi connectivity index (χ3n) is 5.73. The van der Waals surface area contributed by atoms with Crippen molar-refractivity contribution >= 4 is 22.5 Å². The molecular formula is C24H25FN6O.